The maximum absolute atomic E-state index is 10.8. The number of hydrogen-bond donors (Lipinski definition) is 3. The van der Waals surface area contributed by atoms with E-state index in [-0.39, 0.29) is 5.91 Å². The van der Waals surface area contributed by atoms with Gasteiger partial charge in [0.1, 0.15) is 4.88 Å². The Morgan fingerprint density at radius 2 is 2.40 bits per heavy atom. The molecule has 0 radical (unpaired) electrons. The van der Waals surface area contributed by atoms with E-state index < -0.39 is 0 Å². The van der Waals surface area contributed by atoms with Crippen LogP contribution in [0.1, 0.15) is 9.67 Å². The van der Waals surface area contributed by atoms with Gasteiger partial charge in [0.15, 0.2) is 0 Å². The van der Waals surface area contributed by atoms with Gasteiger partial charge in [-0.3, -0.25) is 10.2 Å². The van der Waals surface area contributed by atoms with Crippen LogP contribution in [0, 0.1) is 0 Å². The largest absolute Gasteiger partial charge is 0.397 e. The topological polar surface area (TPSA) is 81.1 Å². The van der Waals surface area contributed by atoms with Gasteiger partial charge in [0.2, 0.25) is 0 Å². The number of nitrogens with two attached hydrogens (primary N) is 2. The molecule has 1 rings (SSSR count). The molecule has 0 aliphatic carbocycles. The molecule has 0 spiro atoms. The average Bonchev–Trinajstić information content (AvgIpc) is 2.34. The first-order valence-corrected chi connectivity index (χ1v) is 3.47. The summed E-state index contributed by atoms with van der Waals surface area (Å²) in [5, 5.41) is 1.74. The number of carbonyl (C=O) groups is 1. The fourth-order valence-corrected chi connectivity index (χ4v) is 1.29. The number of rotatable bonds is 1. The maximum atomic E-state index is 10.8. The van der Waals surface area contributed by atoms with E-state index in [2.05, 4.69) is 0 Å². The first-order chi connectivity index (χ1) is 4.75. The highest BCUT2D eigenvalue weighted by Crippen LogP contribution is 2.17. The molecule has 0 aliphatic rings. The van der Waals surface area contributed by atoms with Crippen LogP contribution in [0.3, 0.4) is 0 Å². The fourth-order valence-electron chi connectivity index (χ4n) is 0.569. The third kappa shape index (κ3) is 1.09. The molecule has 0 atom stereocenters. The van der Waals surface area contributed by atoms with Gasteiger partial charge in [-0.25, -0.2) is 5.84 Å². The highest BCUT2D eigenvalue weighted by molar-refractivity contribution is 7.12. The smallest absolute Gasteiger partial charge is 0.277 e. The normalized spacial score (nSPS) is 9.30. The van der Waals surface area contributed by atoms with E-state index in [1.54, 1.807) is 11.4 Å². The molecule has 1 aromatic rings. The lowest BCUT2D eigenvalue weighted by atomic mass is 10.4. The highest BCUT2D eigenvalue weighted by Gasteiger charge is 2.07. The van der Waals surface area contributed by atoms with Gasteiger partial charge in [-0.2, -0.15) is 0 Å². The molecule has 0 aromatic carbocycles. The van der Waals surface area contributed by atoms with E-state index in [1.807, 2.05) is 5.43 Å². The molecule has 5 N–H and O–H groups in total. The lowest BCUT2D eigenvalue weighted by Gasteiger charge is -1.94. The number of nitrogens with one attached hydrogen (secondary N) is 1. The van der Waals surface area contributed by atoms with E-state index in [9.17, 15) is 4.79 Å². The SMILES string of the molecule is NNC(=O)c1sccc1N. The number of hydrogen-bond acceptors (Lipinski definition) is 4. The molecule has 10 heavy (non-hydrogen) atoms. The summed E-state index contributed by atoms with van der Waals surface area (Å²) in [6, 6.07) is 1.66. The van der Waals surface area contributed by atoms with Crippen molar-refractivity contribution in [1.82, 2.24) is 5.43 Å². The number of nitrogen functional groups attached to an aromatic ring is 2. The van der Waals surface area contributed by atoms with Crippen molar-refractivity contribution in [3.63, 3.8) is 0 Å². The van der Waals surface area contributed by atoms with Gasteiger partial charge >= 0.3 is 0 Å². The van der Waals surface area contributed by atoms with Crippen molar-refractivity contribution in [2.24, 2.45) is 5.84 Å². The number of amides is 1. The molecule has 0 saturated carbocycles. The Labute approximate surface area is 61.8 Å². The van der Waals surface area contributed by atoms with Gasteiger partial charge in [0.25, 0.3) is 5.91 Å². The lowest BCUT2D eigenvalue weighted by molar-refractivity contribution is 0.0958. The monoisotopic (exact) mass is 157 g/mol. The number of carbonyl (C=O) groups excluding carboxylic acids is 1. The van der Waals surface area contributed by atoms with Gasteiger partial charge in [0.05, 0.1) is 5.69 Å². The molecule has 1 aromatic heterocycles. The minimum atomic E-state index is -0.340. The van der Waals surface area contributed by atoms with E-state index in [0.29, 0.717) is 10.6 Å². The van der Waals surface area contributed by atoms with Crippen molar-refractivity contribution < 1.29 is 4.79 Å². The molecule has 0 bridgehead atoms. The highest BCUT2D eigenvalue weighted by atomic mass is 32.1. The molecule has 54 valence electrons. The molecule has 0 unspecified atom stereocenters. The number of thiophene rings is 1. The second-order valence-electron chi connectivity index (χ2n) is 1.68. The fraction of sp³-hybridized carbons (Fsp3) is 0. The van der Waals surface area contributed by atoms with Crippen LogP contribution in [0.15, 0.2) is 11.4 Å². The maximum Gasteiger partial charge on any atom is 0.277 e. The van der Waals surface area contributed by atoms with E-state index in [0.717, 1.165) is 0 Å². The van der Waals surface area contributed by atoms with Crippen LogP contribution in [0.4, 0.5) is 5.69 Å². The zero-order valence-corrected chi connectivity index (χ0v) is 5.94. The number of anilines is 1. The summed E-state index contributed by atoms with van der Waals surface area (Å²) < 4.78 is 0. The molecule has 5 heteroatoms. The van der Waals surface area contributed by atoms with E-state index in [4.69, 9.17) is 11.6 Å². The van der Waals surface area contributed by atoms with Gasteiger partial charge in [-0.1, -0.05) is 0 Å². The Morgan fingerprint density at radius 3 is 2.80 bits per heavy atom. The first-order valence-electron chi connectivity index (χ1n) is 2.59. The minimum Gasteiger partial charge on any atom is -0.397 e. The van der Waals surface area contributed by atoms with Crippen molar-refractivity contribution in [2.75, 3.05) is 5.73 Å². The zero-order valence-electron chi connectivity index (χ0n) is 5.13. The van der Waals surface area contributed by atoms with Crippen LogP contribution in [0.5, 0.6) is 0 Å². The predicted octanol–water partition coefficient (Wildman–Crippen LogP) is -0.0662. The van der Waals surface area contributed by atoms with Crippen molar-refractivity contribution in [1.29, 1.82) is 0 Å². The molecule has 4 nitrogen and oxygen atoms in total. The van der Waals surface area contributed by atoms with Crippen LogP contribution in [0.25, 0.3) is 0 Å². The van der Waals surface area contributed by atoms with E-state index >= 15 is 0 Å². The van der Waals surface area contributed by atoms with Crippen molar-refractivity contribution in [3.05, 3.63) is 16.3 Å². The molecule has 0 saturated heterocycles. The van der Waals surface area contributed by atoms with Gasteiger partial charge in [0, 0.05) is 0 Å². The second-order valence-corrected chi connectivity index (χ2v) is 2.59. The van der Waals surface area contributed by atoms with Gasteiger partial charge in [-0.15, -0.1) is 11.3 Å². The summed E-state index contributed by atoms with van der Waals surface area (Å²) in [5.41, 5.74) is 7.88. The molecule has 1 amide bonds. The third-order valence-electron chi connectivity index (χ3n) is 1.03. The molecular weight excluding hydrogens is 150 g/mol. The van der Waals surface area contributed by atoms with E-state index in [1.165, 1.54) is 11.3 Å². The first kappa shape index (κ1) is 7.04. The third-order valence-corrected chi connectivity index (χ3v) is 1.96. The standard InChI is InChI=1S/C5H7N3OS/c6-3-1-2-10-4(3)5(9)8-7/h1-2H,6-7H2,(H,8,9). The average molecular weight is 157 g/mol. The van der Waals surface area contributed by atoms with Crippen LogP contribution < -0.4 is 17.0 Å². The molecule has 0 aliphatic heterocycles. The van der Waals surface area contributed by atoms with Crippen molar-refractivity contribution in [2.45, 2.75) is 0 Å². The van der Waals surface area contributed by atoms with Crippen LogP contribution >= 0.6 is 11.3 Å². The lowest BCUT2D eigenvalue weighted by Crippen LogP contribution is -2.29. The Kier molecular flexibility index (Phi) is 1.88. The summed E-state index contributed by atoms with van der Waals surface area (Å²) in [5.74, 6) is 4.54. The van der Waals surface area contributed by atoms with Crippen LogP contribution in [-0.2, 0) is 0 Å². The quantitative estimate of drug-likeness (QED) is 0.303. The second kappa shape index (κ2) is 2.68. The molecular formula is C5H7N3OS. The van der Waals surface area contributed by atoms with Crippen molar-refractivity contribution >= 4 is 22.9 Å². The zero-order chi connectivity index (χ0) is 7.56. The van der Waals surface area contributed by atoms with Gasteiger partial charge < -0.3 is 5.73 Å². The predicted molar refractivity (Wildman–Crippen MR) is 40.4 cm³/mol. The summed E-state index contributed by atoms with van der Waals surface area (Å²) in [4.78, 5) is 11.3. The summed E-state index contributed by atoms with van der Waals surface area (Å²) >= 11 is 1.27. The Balaban J connectivity index is 2.93. The molecule has 1 heterocycles. The Bertz CT molecular complexity index is 245. The summed E-state index contributed by atoms with van der Waals surface area (Å²) in [6.07, 6.45) is 0. The summed E-state index contributed by atoms with van der Waals surface area (Å²) in [6.45, 7) is 0. The van der Waals surface area contributed by atoms with Crippen LogP contribution in [-0.4, -0.2) is 5.91 Å². The summed E-state index contributed by atoms with van der Waals surface area (Å²) in [7, 11) is 0. The van der Waals surface area contributed by atoms with Crippen LogP contribution in [0.2, 0.25) is 0 Å². The Hall–Kier alpha value is -1.07. The number of hydrazine groups is 1. The van der Waals surface area contributed by atoms with Gasteiger partial charge in [-0.05, 0) is 11.4 Å². The molecule has 0 fully saturated rings. The Morgan fingerprint density at radius 1 is 1.70 bits per heavy atom. The minimum absolute atomic E-state index is 0.340. The van der Waals surface area contributed by atoms with Crippen molar-refractivity contribution in [3.8, 4) is 0 Å².